The second kappa shape index (κ2) is 8.83. The van der Waals surface area contributed by atoms with E-state index in [0.717, 1.165) is 44.5 Å². The van der Waals surface area contributed by atoms with E-state index in [0.29, 0.717) is 11.8 Å². The largest absolute Gasteiger partial charge is 0.330 e. The number of benzene rings is 2. The van der Waals surface area contributed by atoms with E-state index < -0.39 is 0 Å². The van der Waals surface area contributed by atoms with Crippen LogP contribution in [0.5, 0.6) is 0 Å². The van der Waals surface area contributed by atoms with Crippen LogP contribution in [0.2, 0.25) is 0 Å². The van der Waals surface area contributed by atoms with Gasteiger partial charge in [0.05, 0.1) is 0 Å². The normalized spacial score (nSPS) is 19.2. The first kappa shape index (κ1) is 22.0. The Morgan fingerprint density at radius 1 is 0.848 bits per heavy atom. The summed E-state index contributed by atoms with van der Waals surface area (Å²) in [5, 5.41) is 28.4. The fraction of sp³-hybridized carbons (Fsp3) is 0.360. The van der Waals surface area contributed by atoms with Crippen molar-refractivity contribution in [2.24, 2.45) is 11.3 Å². The molecule has 0 saturated heterocycles. The second-order valence-electron chi connectivity index (χ2n) is 9.45. The zero-order valence-corrected chi connectivity index (χ0v) is 20.9. The lowest BCUT2D eigenvalue weighted by Crippen LogP contribution is -2.44. The van der Waals surface area contributed by atoms with Crippen molar-refractivity contribution in [3.05, 3.63) is 69.7 Å². The van der Waals surface area contributed by atoms with Crippen LogP contribution in [0.15, 0.2) is 48.5 Å². The third-order valence-electron chi connectivity index (χ3n) is 6.64. The summed E-state index contributed by atoms with van der Waals surface area (Å²) in [6.45, 7) is 8.86. The molecule has 8 heteroatoms. The molecule has 4 aromatic rings. The van der Waals surface area contributed by atoms with E-state index in [4.69, 9.17) is 0 Å². The monoisotopic (exact) mass is 476 g/mol. The summed E-state index contributed by atoms with van der Waals surface area (Å²) in [5.41, 5.74) is 4.70. The minimum Gasteiger partial charge on any atom is -0.330 e. The van der Waals surface area contributed by atoms with Crippen molar-refractivity contribution >= 4 is 44.3 Å². The van der Waals surface area contributed by atoms with Crippen molar-refractivity contribution < 1.29 is 0 Å². The summed E-state index contributed by atoms with van der Waals surface area (Å²) in [7, 11) is 0. The quantitative estimate of drug-likeness (QED) is 0.303. The van der Waals surface area contributed by atoms with Crippen molar-refractivity contribution in [1.29, 1.82) is 0 Å². The maximum Gasteiger partial charge on any atom is 0.210 e. The number of hydrogen-bond donors (Lipinski definition) is 2. The minimum atomic E-state index is 0.149. The molecule has 5 rings (SSSR count). The molecule has 0 spiro atoms. The van der Waals surface area contributed by atoms with Gasteiger partial charge in [0.15, 0.2) is 0 Å². The number of rotatable bonds is 7. The van der Waals surface area contributed by atoms with Gasteiger partial charge in [0.1, 0.15) is 10.0 Å². The SMILES string of the molecule is Cc1cccc(Nc2nnc(CC3CC(c4nnc(Nc5cccc(C)c5)s4)C3(C)C)s2)c1. The van der Waals surface area contributed by atoms with Crippen molar-refractivity contribution in [1.82, 2.24) is 20.4 Å². The van der Waals surface area contributed by atoms with Crippen LogP contribution in [-0.2, 0) is 6.42 Å². The van der Waals surface area contributed by atoms with Gasteiger partial charge < -0.3 is 10.6 Å². The van der Waals surface area contributed by atoms with Crippen molar-refractivity contribution in [3.8, 4) is 0 Å². The smallest absolute Gasteiger partial charge is 0.210 e. The number of nitrogens with zero attached hydrogens (tertiary/aromatic N) is 4. The van der Waals surface area contributed by atoms with Gasteiger partial charge in [-0.2, -0.15) is 0 Å². The third-order valence-corrected chi connectivity index (χ3v) is 8.45. The Balaban J connectivity index is 1.20. The van der Waals surface area contributed by atoms with Crippen molar-refractivity contribution in [2.75, 3.05) is 10.6 Å². The van der Waals surface area contributed by atoms with Crippen LogP contribution >= 0.6 is 22.7 Å². The minimum absolute atomic E-state index is 0.149. The van der Waals surface area contributed by atoms with Crippen LogP contribution < -0.4 is 10.6 Å². The molecule has 33 heavy (non-hydrogen) atoms. The lowest BCUT2D eigenvalue weighted by molar-refractivity contribution is 0.0329. The Morgan fingerprint density at radius 3 is 2.06 bits per heavy atom. The molecule has 2 unspecified atom stereocenters. The van der Waals surface area contributed by atoms with Crippen LogP contribution in [0.4, 0.5) is 21.6 Å². The highest BCUT2D eigenvalue weighted by Crippen LogP contribution is 2.58. The molecular formula is C25H28N6S2. The Kier molecular flexibility index (Phi) is 5.88. The standard InChI is InChI=1S/C25H28N6S2/c1-15-7-5-9-18(11-15)26-23-30-28-21(32-23)14-17-13-20(25(17,3)4)22-29-31-24(33-22)27-19-10-6-8-16(2)12-19/h5-12,17,20H,13-14H2,1-4H3,(H,26,30)(H,27,31). The van der Waals surface area contributed by atoms with Gasteiger partial charge in [0.25, 0.3) is 0 Å². The van der Waals surface area contributed by atoms with E-state index in [1.807, 2.05) is 6.07 Å². The van der Waals surface area contributed by atoms with Crippen LogP contribution in [-0.4, -0.2) is 20.4 Å². The molecule has 1 aliphatic carbocycles. The molecule has 1 fully saturated rings. The Hall–Kier alpha value is -2.84. The molecule has 2 N–H and O–H groups in total. The predicted molar refractivity (Wildman–Crippen MR) is 137 cm³/mol. The van der Waals surface area contributed by atoms with Gasteiger partial charge in [0, 0.05) is 23.7 Å². The van der Waals surface area contributed by atoms with Gasteiger partial charge in [-0.15, -0.1) is 20.4 Å². The maximum atomic E-state index is 4.52. The molecule has 1 saturated carbocycles. The van der Waals surface area contributed by atoms with Crippen molar-refractivity contribution in [2.45, 2.75) is 46.5 Å². The highest BCUT2D eigenvalue weighted by Gasteiger charge is 2.50. The summed E-state index contributed by atoms with van der Waals surface area (Å²) in [6.07, 6.45) is 2.05. The molecule has 0 aliphatic heterocycles. The van der Waals surface area contributed by atoms with E-state index in [9.17, 15) is 0 Å². The van der Waals surface area contributed by atoms with E-state index in [1.54, 1.807) is 22.7 Å². The lowest BCUT2D eigenvalue weighted by Gasteiger charge is -2.51. The molecule has 6 nitrogen and oxygen atoms in total. The average molecular weight is 477 g/mol. The van der Waals surface area contributed by atoms with E-state index in [2.05, 4.69) is 101 Å². The van der Waals surface area contributed by atoms with Gasteiger partial charge in [-0.05, 0) is 67.0 Å². The van der Waals surface area contributed by atoms with Gasteiger partial charge in [-0.25, -0.2) is 0 Å². The Labute approximate surface area is 202 Å². The van der Waals surface area contributed by atoms with E-state index >= 15 is 0 Å². The zero-order chi connectivity index (χ0) is 23.0. The van der Waals surface area contributed by atoms with E-state index in [-0.39, 0.29) is 5.41 Å². The highest BCUT2D eigenvalue weighted by atomic mass is 32.1. The average Bonchev–Trinajstić information content (AvgIpc) is 3.40. The zero-order valence-electron chi connectivity index (χ0n) is 19.3. The molecule has 2 aromatic carbocycles. The third kappa shape index (κ3) is 4.77. The fourth-order valence-electron chi connectivity index (χ4n) is 4.50. The Bertz CT molecular complexity index is 1260. The first-order chi connectivity index (χ1) is 15.9. The first-order valence-corrected chi connectivity index (χ1v) is 12.8. The van der Waals surface area contributed by atoms with Gasteiger partial charge in [-0.3, -0.25) is 0 Å². The Morgan fingerprint density at radius 2 is 1.45 bits per heavy atom. The second-order valence-corrected chi connectivity index (χ2v) is 11.5. The number of hydrogen-bond acceptors (Lipinski definition) is 8. The molecule has 2 aromatic heterocycles. The van der Waals surface area contributed by atoms with Crippen LogP contribution in [0.1, 0.15) is 47.3 Å². The lowest BCUT2D eigenvalue weighted by atomic mass is 9.54. The first-order valence-electron chi connectivity index (χ1n) is 11.2. The molecule has 170 valence electrons. The summed E-state index contributed by atoms with van der Waals surface area (Å²) < 4.78 is 0. The number of aryl methyl sites for hydroxylation is 2. The van der Waals surface area contributed by atoms with Crippen LogP contribution in [0, 0.1) is 25.2 Å². The highest BCUT2D eigenvalue weighted by molar-refractivity contribution is 7.15. The van der Waals surface area contributed by atoms with E-state index in [1.165, 1.54) is 11.1 Å². The summed E-state index contributed by atoms with van der Waals surface area (Å²) >= 11 is 3.31. The number of anilines is 4. The van der Waals surface area contributed by atoms with Gasteiger partial charge >= 0.3 is 0 Å². The fourth-order valence-corrected chi connectivity index (χ4v) is 6.41. The maximum absolute atomic E-state index is 4.52. The summed E-state index contributed by atoms with van der Waals surface area (Å²) in [4.78, 5) is 0. The van der Waals surface area contributed by atoms with Crippen molar-refractivity contribution in [3.63, 3.8) is 0 Å². The molecular weight excluding hydrogens is 448 g/mol. The molecule has 0 amide bonds. The molecule has 0 radical (unpaired) electrons. The van der Waals surface area contributed by atoms with Crippen LogP contribution in [0.3, 0.4) is 0 Å². The topological polar surface area (TPSA) is 75.6 Å². The predicted octanol–water partition coefficient (Wildman–Crippen LogP) is 6.87. The van der Waals surface area contributed by atoms with Gasteiger partial charge in [0.2, 0.25) is 10.3 Å². The summed E-state index contributed by atoms with van der Waals surface area (Å²) in [5.74, 6) is 0.977. The molecule has 2 atom stereocenters. The molecule has 2 heterocycles. The van der Waals surface area contributed by atoms with Gasteiger partial charge in [-0.1, -0.05) is 60.8 Å². The summed E-state index contributed by atoms with van der Waals surface area (Å²) in [6, 6.07) is 16.6. The number of nitrogens with one attached hydrogen (secondary N) is 2. The van der Waals surface area contributed by atoms with Crippen LogP contribution in [0.25, 0.3) is 0 Å². The number of aromatic nitrogens is 4. The molecule has 1 aliphatic rings. The molecule has 0 bridgehead atoms.